The minimum atomic E-state index is 0.400. The van der Waals surface area contributed by atoms with Gasteiger partial charge in [-0.05, 0) is 52.6 Å². The van der Waals surface area contributed by atoms with E-state index < -0.39 is 0 Å². The Morgan fingerprint density at radius 2 is 1.57 bits per heavy atom. The molecule has 14 heavy (non-hydrogen) atoms. The second-order valence-corrected chi connectivity index (χ2v) is 5.08. The van der Waals surface area contributed by atoms with Gasteiger partial charge in [-0.25, -0.2) is 0 Å². The van der Waals surface area contributed by atoms with Crippen LogP contribution < -0.4 is 0 Å². The highest BCUT2D eigenvalue weighted by Crippen LogP contribution is 2.35. The van der Waals surface area contributed by atoms with E-state index in [1.165, 1.54) is 12.8 Å². The van der Waals surface area contributed by atoms with Crippen molar-refractivity contribution in [1.82, 2.24) is 4.90 Å². The lowest BCUT2D eigenvalue weighted by Crippen LogP contribution is -2.40. The number of rotatable bonds is 3. The molecule has 0 atom stereocenters. The van der Waals surface area contributed by atoms with Crippen LogP contribution >= 0.6 is 0 Å². The van der Waals surface area contributed by atoms with Crippen molar-refractivity contribution in [2.24, 2.45) is 11.8 Å². The number of ketones is 1. The first-order valence-electron chi connectivity index (χ1n) is 5.96. The summed E-state index contributed by atoms with van der Waals surface area (Å²) in [6.45, 7) is 6.73. The lowest BCUT2D eigenvalue weighted by molar-refractivity contribution is -0.125. The molecule has 0 spiro atoms. The summed E-state index contributed by atoms with van der Waals surface area (Å²) in [5.41, 5.74) is 0. The Kier molecular flexibility index (Phi) is 2.91. The van der Waals surface area contributed by atoms with Crippen LogP contribution in [0.1, 0.15) is 39.5 Å². The average molecular weight is 195 g/mol. The highest BCUT2D eigenvalue weighted by Gasteiger charge is 2.36. The molecule has 0 radical (unpaired) electrons. The topological polar surface area (TPSA) is 20.3 Å². The van der Waals surface area contributed by atoms with Gasteiger partial charge >= 0.3 is 0 Å². The summed E-state index contributed by atoms with van der Waals surface area (Å²) in [6, 6.07) is 0.645. The van der Waals surface area contributed by atoms with Gasteiger partial charge in [0.05, 0.1) is 0 Å². The molecule has 1 aliphatic carbocycles. The first-order chi connectivity index (χ1) is 6.68. The Morgan fingerprint density at radius 3 is 2.00 bits per heavy atom. The summed E-state index contributed by atoms with van der Waals surface area (Å²) in [4.78, 5) is 14.3. The highest BCUT2D eigenvalue weighted by atomic mass is 16.1. The summed E-state index contributed by atoms with van der Waals surface area (Å²) in [6.07, 6.45) is 4.55. The lowest BCUT2D eigenvalue weighted by Gasteiger charge is -2.34. The van der Waals surface area contributed by atoms with Crippen LogP contribution in [-0.2, 0) is 4.79 Å². The van der Waals surface area contributed by atoms with E-state index in [2.05, 4.69) is 18.7 Å². The normalized spacial score (nSPS) is 25.6. The second kappa shape index (κ2) is 4.01. The van der Waals surface area contributed by atoms with E-state index in [4.69, 9.17) is 0 Å². The molecule has 0 aromatic rings. The van der Waals surface area contributed by atoms with Crippen LogP contribution in [0.4, 0.5) is 0 Å². The summed E-state index contributed by atoms with van der Waals surface area (Å²) < 4.78 is 0. The van der Waals surface area contributed by atoms with Crippen molar-refractivity contribution in [3.05, 3.63) is 0 Å². The fourth-order valence-corrected chi connectivity index (χ4v) is 2.40. The van der Waals surface area contributed by atoms with Crippen LogP contribution in [0.2, 0.25) is 0 Å². The molecule has 0 aromatic heterocycles. The molecule has 1 heterocycles. The highest BCUT2D eigenvalue weighted by molar-refractivity contribution is 5.85. The zero-order valence-electron chi connectivity index (χ0n) is 9.33. The summed E-state index contributed by atoms with van der Waals surface area (Å²) >= 11 is 0. The molecular weight excluding hydrogens is 174 g/mol. The molecule has 2 nitrogen and oxygen atoms in total. The Bertz CT molecular complexity index is 212. The summed E-state index contributed by atoms with van der Waals surface area (Å²) in [5, 5.41) is 0. The van der Waals surface area contributed by atoms with Gasteiger partial charge in [-0.15, -0.1) is 0 Å². The van der Waals surface area contributed by atoms with Gasteiger partial charge < -0.3 is 4.90 Å². The Labute approximate surface area is 86.7 Å². The van der Waals surface area contributed by atoms with Gasteiger partial charge in [-0.1, -0.05) is 0 Å². The van der Waals surface area contributed by atoms with Crippen LogP contribution in [-0.4, -0.2) is 29.8 Å². The maximum Gasteiger partial charge on any atom is 0.139 e. The standard InChI is InChI=1S/C12H21NO/c1-9(2)13-7-5-11(6-8-13)12(14)10-3-4-10/h9-11H,3-8H2,1-2H3. The molecule has 2 heteroatoms. The smallest absolute Gasteiger partial charge is 0.139 e. The van der Waals surface area contributed by atoms with Crippen LogP contribution in [0.25, 0.3) is 0 Å². The zero-order chi connectivity index (χ0) is 10.1. The third-order valence-electron chi connectivity index (χ3n) is 3.64. The largest absolute Gasteiger partial charge is 0.301 e. The number of hydrogen-bond acceptors (Lipinski definition) is 2. The van der Waals surface area contributed by atoms with Gasteiger partial charge in [0.1, 0.15) is 5.78 Å². The van der Waals surface area contributed by atoms with Crippen molar-refractivity contribution in [3.63, 3.8) is 0 Å². The van der Waals surface area contributed by atoms with Gasteiger partial charge in [0.2, 0.25) is 0 Å². The number of Topliss-reactive ketones (excluding diaryl/α,β-unsaturated/α-hetero) is 1. The van der Waals surface area contributed by atoms with E-state index in [-0.39, 0.29) is 0 Å². The first-order valence-corrected chi connectivity index (χ1v) is 5.96. The van der Waals surface area contributed by atoms with Gasteiger partial charge in [0.15, 0.2) is 0 Å². The summed E-state index contributed by atoms with van der Waals surface area (Å²) in [5.74, 6) is 1.44. The van der Waals surface area contributed by atoms with Crippen LogP contribution in [0.15, 0.2) is 0 Å². The fraction of sp³-hybridized carbons (Fsp3) is 0.917. The molecular formula is C12H21NO. The van der Waals surface area contributed by atoms with E-state index in [1.807, 2.05) is 0 Å². The number of carbonyl (C=O) groups is 1. The van der Waals surface area contributed by atoms with E-state index >= 15 is 0 Å². The molecule has 1 saturated carbocycles. The van der Waals surface area contributed by atoms with Crippen molar-refractivity contribution in [2.45, 2.75) is 45.6 Å². The van der Waals surface area contributed by atoms with E-state index in [0.717, 1.165) is 25.9 Å². The molecule has 2 aliphatic rings. The number of carbonyl (C=O) groups excluding carboxylic acids is 1. The molecule has 0 N–H and O–H groups in total. The van der Waals surface area contributed by atoms with Crippen molar-refractivity contribution < 1.29 is 4.79 Å². The predicted octanol–water partition coefficient (Wildman–Crippen LogP) is 2.09. The van der Waals surface area contributed by atoms with E-state index in [0.29, 0.717) is 23.7 Å². The molecule has 80 valence electrons. The fourth-order valence-electron chi connectivity index (χ4n) is 2.40. The van der Waals surface area contributed by atoms with Crippen LogP contribution in [0.5, 0.6) is 0 Å². The van der Waals surface area contributed by atoms with Gasteiger partial charge in [-0.2, -0.15) is 0 Å². The van der Waals surface area contributed by atoms with E-state index in [9.17, 15) is 4.79 Å². The Hall–Kier alpha value is -0.370. The van der Waals surface area contributed by atoms with Crippen molar-refractivity contribution in [1.29, 1.82) is 0 Å². The van der Waals surface area contributed by atoms with E-state index in [1.54, 1.807) is 0 Å². The van der Waals surface area contributed by atoms with Gasteiger partial charge in [0, 0.05) is 17.9 Å². The number of nitrogens with zero attached hydrogens (tertiary/aromatic N) is 1. The molecule has 2 rings (SSSR count). The third kappa shape index (κ3) is 2.17. The Morgan fingerprint density at radius 1 is 1.07 bits per heavy atom. The number of piperidine rings is 1. The quantitative estimate of drug-likeness (QED) is 0.687. The lowest BCUT2D eigenvalue weighted by atomic mass is 9.90. The minimum Gasteiger partial charge on any atom is -0.301 e. The molecule has 1 aliphatic heterocycles. The van der Waals surface area contributed by atoms with Crippen molar-refractivity contribution in [3.8, 4) is 0 Å². The number of likely N-dealkylation sites (tertiary alicyclic amines) is 1. The third-order valence-corrected chi connectivity index (χ3v) is 3.64. The van der Waals surface area contributed by atoms with Crippen LogP contribution in [0, 0.1) is 11.8 Å². The first kappa shape index (κ1) is 10.2. The van der Waals surface area contributed by atoms with Crippen LogP contribution in [0.3, 0.4) is 0 Å². The SMILES string of the molecule is CC(C)N1CCC(C(=O)C2CC2)CC1. The number of hydrogen-bond donors (Lipinski definition) is 0. The Balaban J connectivity index is 1.80. The molecule has 0 aromatic carbocycles. The van der Waals surface area contributed by atoms with Crippen molar-refractivity contribution >= 4 is 5.78 Å². The van der Waals surface area contributed by atoms with Gasteiger partial charge in [0.25, 0.3) is 0 Å². The second-order valence-electron chi connectivity index (χ2n) is 5.08. The summed E-state index contributed by atoms with van der Waals surface area (Å²) in [7, 11) is 0. The molecule has 0 bridgehead atoms. The minimum absolute atomic E-state index is 0.400. The molecule has 0 amide bonds. The maximum atomic E-state index is 11.8. The molecule has 1 saturated heterocycles. The molecule has 0 unspecified atom stereocenters. The maximum absolute atomic E-state index is 11.8. The average Bonchev–Trinajstić information content (AvgIpc) is 3.00. The van der Waals surface area contributed by atoms with Crippen molar-refractivity contribution in [2.75, 3.05) is 13.1 Å². The molecule has 2 fully saturated rings. The predicted molar refractivity (Wildman–Crippen MR) is 57.2 cm³/mol. The van der Waals surface area contributed by atoms with Gasteiger partial charge in [-0.3, -0.25) is 4.79 Å². The zero-order valence-corrected chi connectivity index (χ0v) is 9.33. The monoisotopic (exact) mass is 195 g/mol.